The topological polar surface area (TPSA) is 73.8 Å². The molecule has 0 unspecified atom stereocenters. The monoisotopic (exact) mass is 476 g/mol. The van der Waals surface area contributed by atoms with Crippen LogP contribution in [0, 0.1) is 0 Å². The molecular weight excluding hydrogens is 439 g/mol. The van der Waals surface area contributed by atoms with Gasteiger partial charge in [-0.15, -0.1) is 24.0 Å². The predicted octanol–water partition coefficient (Wildman–Crippen LogP) is 2.10. The van der Waals surface area contributed by atoms with Gasteiger partial charge in [-0.2, -0.15) is 0 Å². The fourth-order valence-electron chi connectivity index (χ4n) is 2.44. The summed E-state index contributed by atoms with van der Waals surface area (Å²) in [6.07, 6.45) is 2.86. The standard InChI is InChI=1S/C16H36N4O2S.HI/c1-7-17-16(19-11-9-13-23(6,21)22)18-10-8-12-20(14(2)3)15(4)5;/h14-15H,7-13H2,1-6H3,(H2,17,18,19);1H. The molecule has 6 nitrogen and oxygen atoms in total. The summed E-state index contributed by atoms with van der Waals surface area (Å²) in [6, 6.07) is 1.10. The molecule has 0 amide bonds. The van der Waals surface area contributed by atoms with Crippen molar-refractivity contribution in [1.29, 1.82) is 0 Å². The van der Waals surface area contributed by atoms with Crippen molar-refractivity contribution < 1.29 is 8.42 Å². The maximum atomic E-state index is 11.1. The van der Waals surface area contributed by atoms with Crippen molar-refractivity contribution in [1.82, 2.24) is 15.5 Å². The number of nitrogens with zero attached hydrogens (tertiary/aromatic N) is 2. The van der Waals surface area contributed by atoms with E-state index in [0.29, 0.717) is 25.0 Å². The van der Waals surface area contributed by atoms with Crippen molar-refractivity contribution >= 4 is 39.8 Å². The zero-order chi connectivity index (χ0) is 17.9. The molecule has 0 heterocycles. The number of hydrogen-bond donors (Lipinski definition) is 2. The summed E-state index contributed by atoms with van der Waals surface area (Å²) < 4.78 is 22.2. The Morgan fingerprint density at radius 2 is 1.67 bits per heavy atom. The second kappa shape index (κ2) is 14.1. The summed E-state index contributed by atoms with van der Waals surface area (Å²) >= 11 is 0. The van der Waals surface area contributed by atoms with E-state index in [1.165, 1.54) is 6.26 Å². The van der Waals surface area contributed by atoms with E-state index in [0.717, 1.165) is 32.0 Å². The molecule has 0 aromatic heterocycles. The molecule has 0 aliphatic heterocycles. The fourth-order valence-corrected chi connectivity index (χ4v) is 3.09. The van der Waals surface area contributed by atoms with Gasteiger partial charge in [-0.25, -0.2) is 8.42 Å². The fraction of sp³-hybridized carbons (Fsp3) is 0.938. The molecule has 146 valence electrons. The van der Waals surface area contributed by atoms with E-state index >= 15 is 0 Å². The molecule has 0 saturated heterocycles. The number of hydrogen-bond acceptors (Lipinski definition) is 4. The van der Waals surface area contributed by atoms with Gasteiger partial charge in [0.25, 0.3) is 0 Å². The summed E-state index contributed by atoms with van der Waals surface area (Å²) in [6.45, 7) is 14.1. The molecule has 0 aromatic rings. The number of nitrogens with one attached hydrogen (secondary N) is 2. The molecule has 8 heteroatoms. The first kappa shape index (κ1) is 26.1. The van der Waals surface area contributed by atoms with Crippen LogP contribution in [0.25, 0.3) is 0 Å². The van der Waals surface area contributed by atoms with Crippen LogP contribution in [-0.2, 0) is 9.84 Å². The van der Waals surface area contributed by atoms with Crippen LogP contribution in [0.5, 0.6) is 0 Å². The number of sulfone groups is 1. The van der Waals surface area contributed by atoms with Gasteiger partial charge in [-0.1, -0.05) is 0 Å². The average molecular weight is 476 g/mol. The highest BCUT2D eigenvalue weighted by Crippen LogP contribution is 2.05. The van der Waals surface area contributed by atoms with Crippen LogP contribution in [0.4, 0.5) is 0 Å². The van der Waals surface area contributed by atoms with E-state index in [1.54, 1.807) is 0 Å². The maximum Gasteiger partial charge on any atom is 0.191 e. The third-order valence-electron chi connectivity index (χ3n) is 3.50. The minimum absolute atomic E-state index is 0. The Labute approximate surface area is 166 Å². The number of aliphatic imine (C=N–C) groups is 1. The highest BCUT2D eigenvalue weighted by molar-refractivity contribution is 14.0. The van der Waals surface area contributed by atoms with Crippen LogP contribution >= 0.6 is 24.0 Å². The van der Waals surface area contributed by atoms with Crippen LogP contribution < -0.4 is 10.6 Å². The SMILES string of the molecule is CCNC(=NCCCS(C)(=O)=O)NCCCN(C(C)C)C(C)C.I. The van der Waals surface area contributed by atoms with Gasteiger partial charge < -0.3 is 10.6 Å². The molecule has 24 heavy (non-hydrogen) atoms. The van der Waals surface area contributed by atoms with Crippen molar-refractivity contribution in [2.24, 2.45) is 4.99 Å². The number of halogens is 1. The van der Waals surface area contributed by atoms with Crippen molar-refractivity contribution in [3.8, 4) is 0 Å². The van der Waals surface area contributed by atoms with E-state index in [1.807, 2.05) is 6.92 Å². The van der Waals surface area contributed by atoms with Crippen molar-refractivity contribution in [3.05, 3.63) is 0 Å². The lowest BCUT2D eigenvalue weighted by molar-refractivity contribution is 0.173. The van der Waals surface area contributed by atoms with Gasteiger partial charge in [0, 0.05) is 44.5 Å². The van der Waals surface area contributed by atoms with Crippen LogP contribution in [-0.4, -0.2) is 69.5 Å². The smallest absolute Gasteiger partial charge is 0.191 e. The first-order chi connectivity index (χ1) is 10.7. The number of guanidine groups is 1. The Morgan fingerprint density at radius 3 is 2.12 bits per heavy atom. The van der Waals surface area contributed by atoms with Gasteiger partial charge in [0.1, 0.15) is 9.84 Å². The van der Waals surface area contributed by atoms with Crippen molar-refractivity contribution in [3.63, 3.8) is 0 Å². The quantitative estimate of drug-likeness (QED) is 0.207. The lowest BCUT2D eigenvalue weighted by Gasteiger charge is -2.30. The van der Waals surface area contributed by atoms with Gasteiger partial charge in [-0.3, -0.25) is 9.89 Å². The molecule has 0 aromatic carbocycles. The summed E-state index contributed by atoms with van der Waals surface area (Å²) in [5.74, 6) is 0.954. The largest absolute Gasteiger partial charge is 0.357 e. The third-order valence-corrected chi connectivity index (χ3v) is 4.53. The molecule has 0 radical (unpaired) electrons. The van der Waals surface area contributed by atoms with E-state index in [9.17, 15) is 8.42 Å². The second-order valence-corrected chi connectivity index (χ2v) is 8.71. The molecule has 0 aliphatic rings. The maximum absolute atomic E-state index is 11.1. The molecule has 0 saturated carbocycles. The zero-order valence-electron chi connectivity index (χ0n) is 16.1. The minimum Gasteiger partial charge on any atom is -0.357 e. The highest BCUT2D eigenvalue weighted by Gasteiger charge is 2.12. The number of rotatable bonds is 11. The Balaban J connectivity index is 0. The predicted molar refractivity (Wildman–Crippen MR) is 115 cm³/mol. The molecule has 0 spiro atoms. The van der Waals surface area contributed by atoms with Crippen LogP contribution in [0.15, 0.2) is 4.99 Å². The molecule has 0 atom stereocenters. The lowest BCUT2D eigenvalue weighted by atomic mass is 10.2. The zero-order valence-corrected chi connectivity index (χ0v) is 19.3. The molecule has 2 N–H and O–H groups in total. The Hall–Kier alpha value is -0.0900. The van der Waals surface area contributed by atoms with Crippen LogP contribution in [0.1, 0.15) is 47.5 Å². The van der Waals surface area contributed by atoms with Gasteiger partial charge >= 0.3 is 0 Å². The van der Waals surface area contributed by atoms with Crippen LogP contribution in [0.3, 0.4) is 0 Å². The van der Waals surface area contributed by atoms with Crippen molar-refractivity contribution in [2.75, 3.05) is 38.2 Å². The summed E-state index contributed by atoms with van der Waals surface area (Å²) in [7, 11) is -2.90. The third kappa shape index (κ3) is 14.3. The highest BCUT2D eigenvalue weighted by atomic mass is 127. The van der Waals surface area contributed by atoms with Crippen molar-refractivity contribution in [2.45, 2.75) is 59.5 Å². The first-order valence-electron chi connectivity index (χ1n) is 8.63. The molecule has 0 rings (SSSR count). The molecule has 0 aliphatic carbocycles. The van der Waals surface area contributed by atoms with Gasteiger partial charge in [0.15, 0.2) is 5.96 Å². The Morgan fingerprint density at radius 1 is 1.08 bits per heavy atom. The Bertz CT molecular complexity index is 431. The lowest BCUT2D eigenvalue weighted by Crippen LogP contribution is -2.41. The van der Waals surface area contributed by atoms with E-state index in [-0.39, 0.29) is 29.7 Å². The van der Waals surface area contributed by atoms with E-state index < -0.39 is 9.84 Å². The van der Waals surface area contributed by atoms with Gasteiger partial charge in [0.05, 0.1) is 5.75 Å². The normalized spacial score (nSPS) is 12.6. The molecular formula is C16H37IN4O2S. The Kier molecular flexibility index (Phi) is 15.4. The van der Waals surface area contributed by atoms with Crippen LogP contribution in [0.2, 0.25) is 0 Å². The average Bonchev–Trinajstić information content (AvgIpc) is 2.41. The first-order valence-corrected chi connectivity index (χ1v) is 10.7. The summed E-state index contributed by atoms with van der Waals surface area (Å²) in [5, 5.41) is 6.50. The van der Waals surface area contributed by atoms with Gasteiger partial charge in [0.2, 0.25) is 0 Å². The van der Waals surface area contributed by atoms with E-state index in [4.69, 9.17) is 0 Å². The van der Waals surface area contributed by atoms with Gasteiger partial charge in [-0.05, 0) is 47.5 Å². The molecule has 0 fully saturated rings. The molecule has 0 bridgehead atoms. The second-order valence-electron chi connectivity index (χ2n) is 6.45. The minimum atomic E-state index is -2.90. The van der Waals surface area contributed by atoms with E-state index in [2.05, 4.69) is 48.2 Å². The summed E-state index contributed by atoms with van der Waals surface area (Å²) in [5.41, 5.74) is 0. The summed E-state index contributed by atoms with van der Waals surface area (Å²) in [4.78, 5) is 6.89.